The van der Waals surface area contributed by atoms with Gasteiger partial charge in [-0.3, -0.25) is 9.69 Å². The predicted octanol–water partition coefficient (Wildman–Crippen LogP) is 6.06. The summed E-state index contributed by atoms with van der Waals surface area (Å²) in [7, 11) is 1.54. The third-order valence-electron chi connectivity index (χ3n) is 4.02. The van der Waals surface area contributed by atoms with Gasteiger partial charge in [0.05, 0.1) is 12.6 Å². The van der Waals surface area contributed by atoms with Crippen molar-refractivity contribution in [3.05, 3.63) is 52.8 Å². The first kappa shape index (κ1) is 26.4. The maximum Gasteiger partial charge on any atom is 0.216 e. The summed E-state index contributed by atoms with van der Waals surface area (Å²) in [6, 6.07) is 9.70. The fraction of sp³-hybridized carbons (Fsp3) is 0.417. The van der Waals surface area contributed by atoms with Crippen LogP contribution in [0.4, 0.5) is 4.39 Å². The number of ether oxygens (including phenoxy) is 1. The highest BCUT2D eigenvalue weighted by atomic mass is 35.5. The minimum atomic E-state index is -0.400. The zero-order valence-electron chi connectivity index (χ0n) is 19.2. The number of nitrogens with zero attached hydrogens (tertiary/aromatic N) is 2. The summed E-state index contributed by atoms with van der Waals surface area (Å²) in [5.41, 5.74) is 8.15. The van der Waals surface area contributed by atoms with Crippen molar-refractivity contribution in [1.82, 2.24) is 4.90 Å². The van der Waals surface area contributed by atoms with Crippen LogP contribution in [0.2, 0.25) is 5.02 Å². The highest BCUT2D eigenvalue weighted by Crippen LogP contribution is 2.38. The second-order valence-electron chi connectivity index (χ2n) is 7.50. The lowest BCUT2D eigenvalue weighted by molar-refractivity contribution is -0.114. The molecule has 7 heteroatoms. The molecule has 170 valence electrons. The van der Waals surface area contributed by atoms with E-state index in [1.54, 1.807) is 6.07 Å². The lowest BCUT2D eigenvalue weighted by atomic mass is 9.96. The number of guanidine groups is 1. The fourth-order valence-corrected chi connectivity index (χ4v) is 2.94. The van der Waals surface area contributed by atoms with Gasteiger partial charge in [-0.25, -0.2) is 9.38 Å². The maximum absolute atomic E-state index is 13.6. The molecular formula is C24H33ClFN3O2. The van der Waals surface area contributed by atoms with E-state index in [9.17, 15) is 9.18 Å². The number of benzene rings is 2. The monoisotopic (exact) mass is 449 g/mol. The molecule has 0 saturated heterocycles. The topological polar surface area (TPSA) is 67.9 Å². The van der Waals surface area contributed by atoms with Gasteiger partial charge < -0.3 is 10.5 Å². The van der Waals surface area contributed by atoms with Crippen molar-refractivity contribution < 1.29 is 13.9 Å². The van der Waals surface area contributed by atoms with Crippen molar-refractivity contribution in [3.63, 3.8) is 0 Å². The maximum atomic E-state index is 13.6. The molecule has 5 nitrogen and oxygen atoms in total. The normalized spacial score (nSPS) is 14.9. The standard InChI is InChI=1S/C18H17ClFN3O2.C4H10.C2H6/c1-23(10-24)18(21)22-16-4-5-25-17-3-2-11(8-15(16)17)12-6-13(19)9-14(20)7-12;1-4(2)3;1-2/h2-3,6-10,16H,4-5H2,1H3,(H2,21,22);4H,1-3H3;1-2H3. The summed E-state index contributed by atoms with van der Waals surface area (Å²) in [6.45, 7) is 11.0. The van der Waals surface area contributed by atoms with Gasteiger partial charge in [-0.05, 0) is 47.4 Å². The molecule has 2 aromatic rings. The first-order valence-electron chi connectivity index (χ1n) is 10.5. The van der Waals surface area contributed by atoms with E-state index in [-0.39, 0.29) is 12.0 Å². The van der Waals surface area contributed by atoms with Gasteiger partial charge in [0.1, 0.15) is 11.6 Å². The van der Waals surface area contributed by atoms with Crippen molar-refractivity contribution in [1.29, 1.82) is 0 Å². The number of carbonyl (C=O) groups is 1. The average Bonchev–Trinajstić information content (AvgIpc) is 2.73. The Morgan fingerprint density at radius 1 is 1.23 bits per heavy atom. The quantitative estimate of drug-likeness (QED) is 0.351. The molecule has 1 aliphatic heterocycles. The molecule has 1 amide bonds. The zero-order valence-corrected chi connectivity index (χ0v) is 19.9. The van der Waals surface area contributed by atoms with Crippen LogP contribution in [0.25, 0.3) is 11.1 Å². The molecule has 0 bridgehead atoms. The van der Waals surface area contributed by atoms with Gasteiger partial charge in [0, 0.05) is 24.1 Å². The van der Waals surface area contributed by atoms with Crippen LogP contribution >= 0.6 is 11.6 Å². The molecule has 0 aliphatic carbocycles. The molecule has 0 spiro atoms. The van der Waals surface area contributed by atoms with Crippen LogP contribution in [0.1, 0.15) is 52.6 Å². The zero-order chi connectivity index (χ0) is 23.6. The van der Waals surface area contributed by atoms with Crippen molar-refractivity contribution in [2.45, 2.75) is 47.1 Å². The van der Waals surface area contributed by atoms with E-state index < -0.39 is 5.82 Å². The number of carbonyl (C=O) groups excluding carboxylic acids is 1. The molecule has 0 aromatic heterocycles. The van der Waals surface area contributed by atoms with Gasteiger partial charge in [0.25, 0.3) is 0 Å². The number of fused-ring (bicyclic) bond motifs is 1. The SMILES string of the molecule is CC.CC(C)C.CN(C=O)C(N)=NC1CCOc2ccc(-c3cc(F)cc(Cl)c3)cc21. The van der Waals surface area contributed by atoms with Crippen LogP contribution in [0.5, 0.6) is 5.75 Å². The van der Waals surface area contributed by atoms with Crippen LogP contribution in [0, 0.1) is 11.7 Å². The van der Waals surface area contributed by atoms with Crippen LogP contribution in [0.3, 0.4) is 0 Å². The molecule has 1 heterocycles. The molecule has 1 unspecified atom stereocenters. The lowest BCUT2D eigenvalue weighted by Gasteiger charge is -2.25. The van der Waals surface area contributed by atoms with Crippen LogP contribution in [-0.4, -0.2) is 30.9 Å². The molecule has 1 aliphatic rings. The second kappa shape index (κ2) is 13.0. The molecule has 0 saturated carbocycles. The Labute approximate surface area is 190 Å². The van der Waals surface area contributed by atoms with E-state index in [2.05, 4.69) is 25.8 Å². The van der Waals surface area contributed by atoms with Crippen LogP contribution in [-0.2, 0) is 4.79 Å². The Morgan fingerprint density at radius 2 is 1.87 bits per heavy atom. The third kappa shape index (κ3) is 8.21. The molecule has 1 atom stereocenters. The summed E-state index contributed by atoms with van der Waals surface area (Å²) < 4.78 is 19.3. The number of rotatable bonds is 3. The fourth-order valence-electron chi connectivity index (χ4n) is 2.72. The Hall–Kier alpha value is -2.60. The van der Waals surface area contributed by atoms with Crippen LogP contribution in [0.15, 0.2) is 41.4 Å². The smallest absolute Gasteiger partial charge is 0.216 e. The average molecular weight is 450 g/mol. The van der Waals surface area contributed by atoms with Crippen molar-refractivity contribution in [2.75, 3.05) is 13.7 Å². The van der Waals surface area contributed by atoms with Gasteiger partial charge in [-0.15, -0.1) is 0 Å². The van der Waals surface area contributed by atoms with E-state index in [4.69, 9.17) is 22.1 Å². The summed E-state index contributed by atoms with van der Waals surface area (Å²) in [4.78, 5) is 16.5. The highest BCUT2D eigenvalue weighted by molar-refractivity contribution is 6.30. The molecule has 0 radical (unpaired) electrons. The molecular weight excluding hydrogens is 417 g/mol. The van der Waals surface area contributed by atoms with Gasteiger partial charge in [-0.1, -0.05) is 52.3 Å². The summed E-state index contributed by atoms with van der Waals surface area (Å²) in [6.07, 6.45) is 1.23. The first-order chi connectivity index (χ1) is 14.7. The number of amides is 1. The predicted molar refractivity (Wildman–Crippen MR) is 127 cm³/mol. The van der Waals surface area contributed by atoms with Gasteiger partial charge in [0.15, 0.2) is 5.96 Å². The minimum absolute atomic E-state index is 0.132. The Bertz CT molecular complexity index is 864. The van der Waals surface area contributed by atoms with Crippen molar-refractivity contribution in [3.8, 4) is 16.9 Å². The molecule has 31 heavy (non-hydrogen) atoms. The molecule has 2 N–H and O–H groups in total. The number of hydrogen-bond donors (Lipinski definition) is 1. The number of halogens is 2. The largest absolute Gasteiger partial charge is 0.493 e. The summed E-state index contributed by atoms with van der Waals surface area (Å²) in [5, 5.41) is 0.329. The van der Waals surface area contributed by atoms with Crippen LogP contribution < -0.4 is 10.5 Å². The Balaban J connectivity index is 0.000000720. The van der Waals surface area contributed by atoms with E-state index in [1.165, 1.54) is 24.1 Å². The van der Waals surface area contributed by atoms with Gasteiger partial charge >= 0.3 is 0 Å². The lowest BCUT2D eigenvalue weighted by Crippen LogP contribution is -2.33. The molecule has 0 fully saturated rings. The highest BCUT2D eigenvalue weighted by Gasteiger charge is 2.22. The third-order valence-corrected chi connectivity index (χ3v) is 4.24. The van der Waals surface area contributed by atoms with E-state index in [0.29, 0.717) is 35.8 Å². The number of hydrogen-bond acceptors (Lipinski definition) is 3. The second-order valence-corrected chi connectivity index (χ2v) is 7.94. The van der Waals surface area contributed by atoms with Crippen molar-refractivity contribution in [2.24, 2.45) is 16.6 Å². The number of nitrogens with two attached hydrogens (primary N) is 1. The molecule has 3 rings (SSSR count). The summed E-state index contributed by atoms with van der Waals surface area (Å²) >= 11 is 5.95. The van der Waals surface area contributed by atoms with Gasteiger partial charge in [-0.2, -0.15) is 0 Å². The minimum Gasteiger partial charge on any atom is -0.493 e. The van der Waals surface area contributed by atoms with Crippen molar-refractivity contribution >= 4 is 24.0 Å². The van der Waals surface area contributed by atoms with E-state index in [0.717, 1.165) is 17.0 Å². The summed E-state index contributed by atoms with van der Waals surface area (Å²) in [5.74, 6) is 1.27. The van der Waals surface area contributed by atoms with Gasteiger partial charge in [0.2, 0.25) is 6.41 Å². The number of aliphatic imine (C=N–C) groups is 1. The Morgan fingerprint density at radius 3 is 2.45 bits per heavy atom. The Kier molecular flexibility index (Phi) is 11.0. The van der Waals surface area contributed by atoms with E-state index in [1.807, 2.05) is 32.0 Å². The molecule has 2 aromatic carbocycles. The van der Waals surface area contributed by atoms with E-state index >= 15 is 0 Å². The first-order valence-corrected chi connectivity index (χ1v) is 10.8.